The van der Waals surface area contributed by atoms with Crippen molar-refractivity contribution in [1.29, 1.82) is 0 Å². The second-order valence-corrected chi connectivity index (χ2v) is 7.10. The first-order valence-corrected chi connectivity index (χ1v) is 9.83. The number of carbonyl (C=O) groups excluding carboxylic acids is 2. The lowest BCUT2D eigenvalue weighted by atomic mass is 10.0. The fourth-order valence-electron chi connectivity index (χ4n) is 3.20. The van der Waals surface area contributed by atoms with Gasteiger partial charge < -0.3 is 10.6 Å². The Morgan fingerprint density at radius 1 is 0.828 bits per heavy atom. The fraction of sp³-hybridized carbons (Fsp3) is 0.200. The minimum atomic E-state index is -0.152. The van der Waals surface area contributed by atoms with E-state index in [4.69, 9.17) is 0 Å². The van der Waals surface area contributed by atoms with E-state index in [2.05, 4.69) is 34.9 Å². The van der Waals surface area contributed by atoms with E-state index in [9.17, 15) is 9.59 Å². The number of carbonyl (C=O) groups is 2. The summed E-state index contributed by atoms with van der Waals surface area (Å²) in [6.07, 6.45) is 0.240. The molecule has 0 aromatic heterocycles. The van der Waals surface area contributed by atoms with Crippen molar-refractivity contribution in [2.24, 2.45) is 0 Å². The molecule has 0 bridgehead atoms. The monoisotopic (exact) mass is 386 g/mol. The first-order chi connectivity index (χ1) is 14.0. The lowest BCUT2D eigenvalue weighted by molar-refractivity contribution is -0.121. The molecule has 0 radical (unpaired) electrons. The van der Waals surface area contributed by atoms with Gasteiger partial charge in [0.1, 0.15) is 0 Å². The van der Waals surface area contributed by atoms with Crippen LogP contribution < -0.4 is 10.6 Å². The zero-order chi connectivity index (χ0) is 20.6. The molecule has 2 amide bonds. The zero-order valence-electron chi connectivity index (χ0n) is 16.8. The van der Waals surface area contributed by atoms with Gasteiger partial charge in [-0.1, -0.05) is 72.8 Å². The summed E-state index contributed by atoms with van der Waals surface area (Å²) in [5.74, 6) is -0.241. The maximum atomic E-state index is 12.2. The first-order valence-electron chi connectivity index (χ1n) is 9.83. The van der Waals surface area contributed by atoms with Crippen molar-refractivity contribution < 1.29 is 9.59 Å². The molecule has 0 saturated heterocycles. The SMILES string of the molecule is Cc1ccccc1C(=O)NCCC(=O)NC(C)c1ccc(-c2ccccc2)cc1. The Balaban J connectivity index is 1.48. The second kappa shape index (κ2) is 9.69. The molecule has 1 unspecified atom stereocenters. The van der Waals surface area contributed by atoms with Crippen LogP contribution in [0.25, 0.3) is 11.1 Å². The lowest BCUT2D eigenvalue weighted by Gasteiger charge is -2.15. The van der Waals surface area contributed by atoms with Gasteiger partial charge >= 0.3 is 0 Å². The molecule has 29 heavy (non-hydrogen) atoms. The van der Waals surface area contributed by atoms with Crippen molar-refractivity contribution in [2.75, 3.05) is 6.54 Å². The molecule has 0 fully saturated rings. The number of benzene rings is 3. The summed E-state index contributed by atoms with van der Waals surface area (Å²) >= 11 is 0. The number of rotatable bonds is 7. The average Bonchev–Trinajstić information content (AvgIpc) is 2.74. The molecule has 0 aliphatic rings. The van der Waals surface area contributed by atoms with Crippen molar-refractivity contribution in [2.45, 2.75) is 26.3 Å². The molecule has 0 heterocycles. The Morgan fingerprint density at radius 3 is 2.14 bits per heavy atom. The number of nitrogens with one attached hydrogen (secondary N) is 2. The minimum Gasteiger partial charge on any atom is -0.352 e. The van der Waals surface area contributed by atoms with Gasteiger partial charge in [0.05, 0.1) is 6.04 Å². The summed E-state index contributed by atoms with van der Waals surface area (Å²) in [4.78, 5) is 24.4. The highest BCUT2D eigenvalue weighted by molar-refractivity contribution is 5.95. The van der Waals surface area contributed by atoms with Gasteiger partial charge in [-0.15, -0.1) is 0 Å². The maximum Gasteiger partial charge on any atom is 0.251 e. The van der Waals surface area contributed by atoms with Crippen LogP contribution in [0.5, 0.6) is 0 Å². The maximum absolute atomic E-state index is 12.2. The third-order valence-corrected chi connectivity index (χ3v) is 4.92. The molecule has 148 valence electrons. The number of aryl methyl sites for hydroxylation is 1. The topological polar surface area (TPSA) is 58.2 Å². The summed E-state index contributed by atoms with van der Waals surface area (Å²) < 4.78 is 0. The molecule has 3 aromatic rings. The Hall–Kier alpha value is -3.40. The Morgan fingerprint density at radius 2 is 1.45 bits per heavy atom. The predicted octanol–water partition coefficient (Wildman–Crippen LogP) is 4.66. The molecule has 0 aliphatic carbocycles. The van der Waals surface area contributed by atoms with Gasteiger partial charge in [-0.25, -0.2) is 0 Å². The van der Waals surface area contributed by atoms with E-state index in [-0.39, 0.29) is 24.3 Å². The van der Waals surface area contributed by atoms with Crippen LogP contribution in [0.2, 0.25) is 0 Å². The largest absolute Gasteiger partial charge is 0.352 e. The van der Waals surface area contributed by atoms with Gasteiger partial charge in [0.25, 0.3) is 5.91 Å². The van der Waals surface area contributed by atoms with E-state index in [1.807, 2.05) is 62.4 Å². The van der Waals surface area contributed by atoms with Crippen molar-refractivity contribution in [3.8, 4) is 11.1 Å². The Labute approximate surface area is 172 Å². The molecule has 3 aromatic carbocycles. The highest BCUT2D eigenvalue weighted by Gasteiger charge is 2.12. The number of amides is 2. The van der Waals surface area contributed by atoms with E-state index in [0.717, 1.165) is 16.7 Å². The number of hydrogen-bond acceptors (Lipinski definition) is 2. The molecular weight excluding hydrogens is 360 g/mol. The molecule has 4 nitrogen and oxygen atoms in total. The molecule has 1 atom stereocenters. The average molecular weight is 386 g/mol. The summed E-state index contributed by atoms with van der Waals surface area (Å²) in [7, 11) is 0. The molecule has 0 spiro atoms. The van der Waals surface area contributed by atoms with Crippen molar-refractivity contribution in [3.63, 3.8) is 0 Å². The van der Waals surface area contributed by atoms with Gasteiger partial charge in [-0.2, -0.15) is 0 Å². The van der Waals surface area contributed by atoms with E-state index in [0.29, 0.717) is 12.1 Å². The van der Waals surface area contributed by atoms with Crippen LogP contribution >= 0.6 is 0 Å². The summed E-state index contributed by atoms with van der Waals surface area (Å²) in [5.41, 5.74) is 4.91. The van der Waals surface area contributed by atoms with Crippen LogP contribution in [0.3, 0.4) is 0 Å². The van der Waals surface area contributed by atoms with Crippen LogP contribution in [0.15, 0.2) is 78.9 Å². The molecule has 0 saturated carbocycles. The van der Waals surface area contributed by atoms with Crippen LogP contribution in [0, 0.1) is 6.92 Å². The highest BCUT2D eigenvalue weighted by Crippen LogP contribution is 2.21. The fourth-order valence-corrected chi connectivity index (χ4v) is 3.20. The van der Waals surface area contributed by atoms with E-state index in [1.165, 1.54) is 5.56 Å². The lowest BCUT2D eigenvalue weighted by Crippen LogP contribution is -2.32. The van der Waals surface area contributed by atoms with Crippen molar-refractivity contribution >= 4 is 11.8 Å². The quantitative estimate of drug-likeness (QED) is 0.620. The molecule has 3 rings (SSSR count). The Bertz CT molecular complexity index is 966. The van der Waals surface area contributed by atoms with Crippen molar-refractivity contribution in [1.82, 2.24) is 10.6 Å². The third-order valence-electron chi connectivity index (χ3n) is 4.92. The third kappa shape index (κ3) is 5.55. The standard InChI is InChI=1S/C25H26N2O2/c1-18-8-6-7-11-23(18)25(29)26-17-16-24(28)27-19(2)20-12-14-22(15-13-20)21-9-4-3-5-10-21/h3-15,19H,16-17H2,1-2H3,(H,26,29)(H,27,28). The van der Waals surface area contributed by atoms with E-state index in [1.54, 1.807) is 6.07 Å². The first kappa shape index (κ1) is 20.3. The number of hydrogen-bond donors (Lipinski definition) is 2. The van der Waals surface area contributed by atoms with Crippen LogP contribution in [0.4, 0.5) is 0 Å². The van der Waals surface area contributed by atoms with Crippen LogP contribution in [-0.2, 0) is 4.79 Å². The predicted molar refractivity (Wildman–Crippen MR) is 117 cm³/mol. The van der Waals surface area contributed by atoms with Gasteiger partial charge in [0, 0.05) is 18.5 Å². The van der Waals surface area contributed by atoms with Gasteiger partial charge in [-0.3, -0.25) is 9.59 Å². The highest BCUT2D eigenvalue weighted by atomic mass is 16.2. The van der Waals surface area contributed by atoms with Crippen LogP contribution in [0.1, 0.15) is 40.9 Å². The molecule has 2 N–H and O–H groups in total. The Kier molecular flexibility index (Phi) is 6.80. The smallest absolute Gasteiger partial charge is 0.251 e. The van der Waals surface area contributed by atoms with E-state index < -0.39 is 0 Å². The molecular formula is C25H26N2O2. The van der Waals surface area contributed by atoms with Gasteiger partial charge in [-0.05, 0) is 42.2 Å². The molecule has 4 heteroatoms. The summed E-state index contributed by atoms with van der Waals surface area (Å²) in [6.45, 7) is 4.16. The van der Waals surface area contributed by atoms with Crippen molar-refractivity contribution in [3.05, 3.63) is 95.6 Å². The zero-order valence-corrected chi connectivity index (χ0v) is 16.8. The van der Waals surface area contributed by atoms with Gasteiger partial charge in [0.2, 0.25) is 5.91 Å². The summed E-state index contributed by atoms with van der Waals surface area (Å²) in [6, 6.07) is 25.7. The second-order valence-electron chi connectivity index (χ2n) is 7.10. The van der Waals surface area contributed by atoms with Gasteiger partial charge in [0.15, 0.2) is 0 Å². The molecule has 0 aliphatic heterocycles. The minimum absolute atomic E-state index is 0.0882. The normalized spacial score (nSPS) is 11.5. The van der Waals surface area contributed by atoms with E-state index >= 15 is 0 Å². The summed E-state index contributed by atoms with van der Waals surface area (Å²) in [5, 5.41) is 5.80. The van der Waals surface area contributed by atoms with Crippen LogP contribution in [-0.4, -0.2) is 18.4 Å².